The summed E-state index contributed by atoms with van der Waals surface area (Å²) < 4.78 is 12.2. The fraction of sp³-hybridized carbons (Fsp3) is 0.588. The smallest absolute Gasteiger partial charge is 0.399 e. The molecular weight excluding hydrogens is 312 g/mol. The van der Waals surface area contributed by atoms with Gasteiger partial charge < -0.3 is 19.0 Å². The molecular formula is C17H25BClNO3. The number of hydrogen-bond acceptors (Lipinski definition) is 4. The van der Waals surface area contributed by atoms with Crippen LogP contribution in [0.25, 0.3) is 0 Å². The van der Waals surface area contributed by atoms with E-state index in [1.54, 1.807) is 0 Å². The number of carbonyl (C=O) groups is 1. The number of nitrogens with zero attached hydrogens (tertiary/aromatic N) is 1. The Morgan fingerprint density at radius 2 is 1.74 bits per heavy atom. The molecule has 0 unspecified atom stereocenters. The zero-order chi connectivity index (χ0) is 17.4. The van der Waals surface area contributed by atoms with Crippen molar-refractivity contribution in [2.24, 2.45) is 0 Å². The molecule has 4 nitrogen and oxygen atoms in total. The van der Waals surface area contributed by atoms with Crippen LogP contribution in [0, 0.1) is 0 Å². The highest BCUT2D eigenvalue weighted by atomic mass is 35.5. The van der Waals surface area contributed by atoms with Crippen molar-refractivity contribution >= 4 is 36.2 Å². The Balaban J connectivity index is 2.42. The number of carbonyl (C=O) groups excluding carboxylic acids is 1. The fourth-order valence-corrected chi connectivity index (χ4v) is 2.86. The van der Waals surface area contributed by atoms with Gasteiger partial charge in [-0.25, -0.2) is 0 Å². The Morgan fingerprint density at radius 3 is 2.22 bits per heavy atom. The molecule has 0 bridgehead atoms. The van der Waals surface area contributed by atoms with E-state index in [0.29, 0.717) is 17.9 Å². The number of anilines is 1. The molecule has 1 heterocycles. The number of aryl methyl sites for hydroxylation is 1. The summed E-state index contributed by atoms with van der Waals surface area (Å²) >= 11 is 6.49. The summed E-state index contributed by atoms with van der Waals surface area (Å²) in [6.07, 6.45) is 2.08. The van der Waals surface area contributed by atoms with E-state index >= 15 is 0 Å². The molecule has 23 heavy (non-hydrogen) atoms. The van der Waals surface area contributed by atoms with Crippen LogP contribution in [0.4, 0.5) is 5.69 Å². The molecule has 0 radical (unpaired) electrons. The van der Waals surface area contributed by atoms with Crippen molar-refractivity contribution in [2.45, 2.75) is 51.7 Å². The van der Waals surface area contributed by atoms with Crippen LogP contribution < -0.4 is 10.4 Å². The van der Waals surface area contributed by atoms with Gasteiger partial charge in [-0.15, -0.1) is 0 Å². The summed E-state index contributed by atoms with van der Waals surface area (Å²) in [7, 11) is 3.42. The summed E-state index contributed by atoms with van der Waals surface area (Å²) in [5.74, 6) is 0. The van der Waals surface area contributed by atoms with Crippen molar-refractivity contribution in [1.29, 1.82) is 0 Å². The highest BCUT2D eigenvalue weighted by Gasteiger charge is 2.52. The molecule has 1 saturated heterocycles. The molecule has 0 N–H and O–H groups in total. The molecule has 0 saturated carbocycles. The lowest BCUT2D eigenvalue weighted by Crippen LogP contribution is -2.41. The first-order valence-corrected chi connectivity index (χ1v) is 8.26. The third-order valence-corrected chi connectivity index (χ3v) is 5.05. The summed E-state index contributed by atoms with van der Waals surface area (Å²) in [6, 6.07) is 3.92. The van der Waals surface area contributed by atoms with Gasteiger partial charge >= 0.3 is 7.12 Å². The lowest BCUT2D eigenvalue weighted by Gasteiger charge is -2.32. The van der Waals surface area contributed by atoms with Crippen molar-refractivity contribution < 1.29 is 14.1 Å². The Labute approximate surface area is 144 Å². The molecule has 0 aliphatic carbocycles. The van der Waals surface area contributed by atoms with Crippen LogP contribution in [0.15, 0.2) is 12.1 Å². The van der Waals surface area contributed by atoms with Gasteiger partial charge in [-0.05, 0) is 45.7 Å². The van der Waals surface area contributed by atoms with Gasteiger partial charge in [-0.2, -0.15) is 0 Å². The predicted octanol–water partition coefficient (Wildman–Crippen LogP) is 2.84. The average Bonchev–Trinajstić information content (AvgIpc) is 2.65. The highest BCUT2D eigenvalue weighted by Crippen LogP contribution is 2.37. The summed E-state index contributed by atoms with van der Waals surface area (Å²) in [5.41, 5.74) is 2.07. The average molecular weight is 338 g/mol. The first-order valence-electron chi connectivity index (χ1n) is 7.88. The van der Waals surface area contributed by atoms with Gasteiger partial charge in [0.25, 0.3) is 0 Å². The normalized spacial score (nSPS) is 19.0. The minimum atomic E-state index is -0.501. The Hall–Kier alpha value is -1.04. The van der Waals surface area contributed by atoms with Crippen molar-refractivity contribution in [3.63, 3.8) is 0 Å². The summed E-state index contributed by atoms with van der Waals surface area (Å²) in [5, 5.41) is 0.613. The fourth-order valence-electron chi connectivity index (χ4n) is 2.61. The molecule has 1 fully saturated rings. The minimum absolute atomic E-state index is 0.413. The molecule has 0 aromatic heterocycles. The summed E-state index contributed by atoms with van der Waals surface area (Å²) in [4.78, 5) is 12.7. The molecule has 0 amide bonds. The number of rotatable bonds is 5. The lowest BCUT2D eigenvalue weighted by atomic mass is 9.77. The first kappa shape index (κ1) is 18.3. The zero-order valence-electron chi connectivity index (χ0n) is 14.8. The third kappa shape index (κ3) is 3.57. The maximum Gasteiger partial charge on any atom is 0.496 e. The molecule has 1 aliphatic rings. The third-order valence-electron chi connectivity index (χ3n) is 4.72. The van der Waals surface area contributed by atoms with Crippen LogP contribution in [0.1, 0.15) is 39.7 Å². The van der Waals surface area contributed by atoms with Gasteiger partial charge in [0.05, 0.1) is 11.2 Å². The predicted molar refractivity (Wildman–Crippen MR) is 95.9 cm³/mol. The Kier molecular flexibility index (Phi) is 5.14. The van der Waals surface area contributed by atoms with E-state index in [1.807, 2.05) is 58.8 Å². The van der Waals surface area contributed by atoms with Crippen LogP contribution in [0.2, 0.25) is 5.02 Å². The molecule has 1 aromatic rings. The molecule has 6 heteroatoms. The summed E-state index contributed by atoms with van der Waals surface area (Å²) in [6.45, 7) is 8.07. The molecule has 126 valence electrons. The van der Waals surface area contributed by atoms with Gasteiger partial charge in [0, 0.05) is 36.7 Å². The quantitative estimate of drug-likeness (QED) is 0.612. The molecule has 0 atom stereocenters. The Bertz CT molecular complexity index is 586. The molecule has 0 spiro atoms. The van der Waals surface area contributed by atoms with Crippen LogP contribution in [-0.4, -0.2) is 38.7 Å². The van der Waals surface area contributed by atoms with E-state index < -0.39 is 18.3 Å². The van der Waals surface area contributed by atoms with Gasteiger partial charge in [-0.3, -0.25) is 0 Å². The SMILES string of the molecule is CN(C)c1cc(Cl)c(B2OC(C)(C)C(C)(C)O2)cc1CCC=O. The maximum atomic E-state index is 10.7. The van der Waals surface area contributed by atoms with E-state index in [4.69, 9.17) is 20.9 Å². The van der Waals surface area contributed by atoms with Crippen molar-refractivity contribution in [3.05, 3.63) is 22.7 Å². The van der Waals surface area contributed by atoms with Crippen LogP contribution in [0.3, 0.4) is 0 Å². The maximum absolute atomic E-state index is 10.7. The van der Waals surface area contributed by atoms with Crippen molar-refractivity contribution in [2.75, 3.05) is 19.0 Å². The van der Waals surface area contributed by atoms with Crippen LogP contribution >= 0.6 is 11.6 Å². The molecule has 2 rings (SSSR count). The Morgan fingerprint density at radius 1 is 1.17 bits per heavy atom. The minimum Gasteiger partial charge on any atom is -0.399 e. The molecule has 1 aromatic carbocycles. The standard InChI is InChI=1S/C17H25BClNO3/c1-16(2)17(3,4)23-18(22-16)13-10-12(8-7-9-21)15(20(5)6)11-14(13)19/h9-11H,7-8H2,1-6H3. The van der Waals surface area contributed by atoms with E-state index in [1.165, 1.54) is 0 Å². The van der Waals surface area contributed by atoms with Crippen molar-refractivity contribution in [1.82, 2.24) is 0 Å². The first-order chi connectivity index (χ1) is 10.6. The van der Waals surface area contributed by atoms with E-state index in [2.05, 4.69) is 0 Å². The van der Waals surface area contributed by atoms with Gasteiger partial charge in [0.1, 0.15) is 6.29 Å². The van der Waals surface area contributed by atoms with E-state index in [9.17, 15) is 4.79 Å². The lowest BCUT2D eigenvalue weighted by molar-refractivity contribution is -0.107. The largest absolute Gasteiger partial charge is 0.496 e. The zero-order valence-corrected chi connectivity index (χ0v) is 15.5. The van der Waals surface area contributed by atoms with E-state index in [0.717, 1.165) is 23.0 Å². The van der Waals surface area contributed by atoms with E-state index in [-0.39, 0.29) is 0 Å². The van der Waals surface area contributed by atoms with Crippen molar-refractivity contribution in [3.8, 4) is 0 Å². The number of aldehydes is 1. The second kappa shape index (κ2) is 6.46. The second-order valence-corrected chi connectivity index (χ2v) is 7.60. The topological polar surface area (TPSA) is 38.8 Å². The second-order valence-electron chi connectivity index (χ2n) is 7.19. The molecule has 1 aliphatic heterocycles. The number of benzene rings is 1. The number of hydrogen-bond donors (Lipinski definition) is 0. The number of halogens is 1. The van der Waals surface area contributed by atoms with Gasteiger partial charge in [-0.1, -0.05) is 17.7 Å². The van der Waals surface area contributed by atoms with Gasteiger partial charge in [0.2, 0.25) is 0 Å². The van der Waals surface area contributed by atoms with Gasteiger partial charge in [0.15, 0.2) is 0 Å². The van der Waals surface area contributed by atoms with Crippen LogP contribution in [-0.2, 0) is 20.5 Å². The van der Waals surface area contributed by atoms with Crippen LogP contribution in [0.5, 0.6) is 0 Å². The monoisotopic (exact) mass is 337 g/mol. The highest BCUT2D eigenvalue weighted by molar-refractivity contribution is 6.65.